The van der Waals surface area contributed by atoms with Crippen molar-refractivity contribution in [3.63, 3.8) is 0 Å². The maximum Gasteiger partial charge on any atom is 0.0411 e. The highest BCUT2D eigenvalue weighted by molar-refractivity contribution is 4.99. The van der Waals surface area contributed by atoms with Gasteiger partial charge in [0, 0.05) is 12.1 Å². The molecule has 4 N–H and O–H groups in total. The predicted molar refractivity (Wildman–Crippen MR) is 36.3 cm³/mol. The third-order valence-electron chi connectivity index (χ3n) is 0.989. The minimum atomic E-state index is -0.160. The van der Waals surface area contributed by atoms with Crippen molar-refractivity contribution in [3.8, 4) is 0 Å². The molecule has 0 unspecified atom stereocenters. The number of hydrogen-bond donors (Lipinski definition) is 2. The lowest BCUT2D eigenvalue weighted by Gasteiger charge is -2.09. The van der Waals surface area contributed by atoms with E-state index in [0.29, 0.717) is 0 Å². The van der Waals surface area contributed by atoms with Crippen LogP contribution in [0.2, 0.25) is 0 Å². The predicted octanol–water partition coefficient (Wildman–Crippen LogP) is 0.0130. The standard InChI is InChI=1S/C6H12N2/c1-3-5(7)6(8)4-2/h3-6H,1-2,7-8H2/t5-,6-/m0/s1. The first-order valence-corrected chi connectivity index (χ1v) is 2.48. The first-order chi connectivity index (χ1) is 3.72. The number of hydrogen-bond acceptors (Lipinski definition) is 2. The second-order valence-electron chi connectivity index (χ2n) is 1.63. The van der Waals surface area contributed by atoms with Gasteiger partial charge in [-0.3, -0.25) is 0 Å². The molecular formula is C6H12N2. The molecule has 0 bridgehead atoms. The van der Waals surface area contributed by atoms with Crippen LogP contribution in [0.15, 0.2) is 25.3 Å². The van der Waals surface area contributed by atoms with Gasteiger partial charge < -0.3 is 11.5 Å². The molecule has 0 aliphatic rings. The molecule has 0 aliphatic heterocycles. The van der Waals surface area contributed by atoms with E-state index in [1.165, 1.54) is 0 Å². The van der Waals surface area contributed by atoms with E-state index in [1.54, 1.807) is 12.2 Å². The fourth-order valence-corrected chi connectivity index (χ4v) is 0.314. The molecule has 0 heterocycles. The average molecular weight is 112 g/mol. The van der Waals surface area contributed by atoms with E-state index in [0.717, 1.165) is 0 Å². The van der Waals surface area contributed by atoms with E-state index in [9.17, 15) is 0 Å². The normalized spacial score (nSPS) is 16.8. The lowest BCUT2D eigenvalue weighted by molar-refractivity contribution is 0.708. The van der Waals surface area contributed by atoms with Crippen LogP contribution in [0.1, 0.15) is 0 Å². The summed E-state index contributed by atoms with van der Waals surface area (Å²) in [5.74, 6) is 0. The van der Waals surface area contributed by atoms with Crippen molar-refractivity contribution in [2.45, 2.75) is 12.1 Å². The molecule has 46 valence electrons. The zero-order valence-electron chi connectivity index (χ0n) is 4.88. The van der Waals surface area contributed by atoms with Gasteiger partial charge in [0.2, 0.25) is 0 Å². The molecule has 0 fully saturated rings. The van der Waals surface area contributed by atoms with E-state index >= 15 is 0 Å². The van der Waals surface area contributed by atoms with E-state index in [1.807, 2.05) is 0 Å². The molecule has 0 rings (SSSR count). The molecule has 0 spiro atoms. The van der Waals surface area contributed by atoms with Gasteiger partial charge in [-0.05, 0) is 0 Å². The topological polar surface area (TPSA) is 52.0 Å². The minimum Gasteiger partial charge on any atom is -0.323 e. The number of rotatable bonds is 3. The summed E-state index contributed by atoms with van der Waals surface area (Å²) >= 11 is 0. The minimum absolute atomic E-state index is 0.160. The highest BCUT2D eigenvalue weighted by Gasteiger charge is 2.01. The van der Waals surface area contributed by atoms with Crippen molar-refractivity contribution < 1.29 is 0 Å². The Morgan fingerprint density at radius 3 is 1.38 bits per heavy atom. The third-order valence-corrected chi connectivity index (χ3v) is 0.989. The monoisotopic (exact) mass is 112 g/mol. The second-order valence-corrected chi connectivity index (χ2v) is 1.63. The molecule has 8 heavy (non-hydrogen) atoms. The van der Waals surface area contributed by atoms with E-state index in [-0.39, 0.29) is 12.1 Å². The van der Waals surface area contributed by atoms with E-state index in [4.69, 9.17) is 11.5 Å². The molecule has 2 heteroatoms. The van der Waals surface area contributed by atoms with Gasteiger partial charge in [0.25, 0.3) is 0 Å². The van der Waals surface area contributed by atoms with Crippen LogP contribution in [0.25, 0.3) is 0 Å². The molecule has 2 nitrogen and oxygen atoms in total. The maximum atomic E-state index is 5.41. The zero-order valence-corrected chi connectivity index (χ0v) is 4.88. The molecule has 0 aliphatic carbocycles. The fourth-order valence-electron chi connectivity index (χ4n) is 0.314. The third kappa shape index (κ3) is 1.91. The van der Waals surface area contributed by atoms with Crippen LogP contribution < -0.4 is 11.5 Å². The van der Waals surface area contributed by atoms with Crippen LogP contribution >= 0.6 is 0 Å². The first-order valence-electron chi connectivity index (χ1n) is 2.48. The van der Waals surface area contributed by atoms with Gasteiger partial charge in [0.15, 0.2) is 0 Å². The van der Waals surface area contributed by atoms with Gasteiger partial charge in [-0.1, -0.05) is 12.2 Å². The van der Waals surface area contributed by atoms with Crippen LogP contribution in [-0.2, 0) is 0 Å². The van der Waals surface area contributed by atoms with Crippen molar-refractivity contribution in [3.05, 3.63) is 25.3 Å². The Balaban J connectivity index is 3.60. The molecule has 0 aromatic carbocycles. The van der Waals surface area contributed by atoms with Gasteiger partial charge in [0.1, 0.15) is 0 Å². The van der Waals surface area contributed by atoms with Crippen LogP contribution in [0.3, 0.4) is 0 Å². The smallest absolute Gasteiger partial charge is 0.0411 e. The van der Waals surface area contributed by atoms with Crippen molar-refractivity contribution >= 4 is 0 Å². The summed E-state index contributed by atoms with van der Waals surface area (Å²) < 4.78 is 0. The molecule has 0 radical (unpaired) electrons. The van der Waals surface area contributed by atoms with Gasteiger partial charge in [-0.25, -0.2) is 0 Å². The largest absolute Gasteiger partial charge is 0.323 e. The Kier molecular flexibility index (Phi) is 3.15. The summed E-state index contributed by atoms with van der Waals surface area (Å²) in [6, 6.07) is -0.319. The fraction of sp³-hybridized carbons (Fsp3) is 0.333. The van der Waals surface area contributed by atoms with Crippen LogP contribution in [0.5, 0.6) is 0 Å². The first kappa shape index (κ1) is 7.40. The Morgan fingerprint density at radius 1 is 1.00 bits per heavy atom. The van der Waals surface area contributed by atoms with E-state index < -0.39 is 0 Å². The van der Waals surface area contributed by atoms with Crippen LogP contribution in [-0.4, -0.2) is 12.1 Å². The SMILES string of the molecule is C=C[C@H](N)[C@@H](N)C=C. The second kappa shape index (κ2) is 3.41. The quantitative estimate of drug-likeness (QED) is 0.505. The highest BCUT2D eigenvalue weighted by Crippen LogP contribution is 1.86. The Morgan fingerprint density at radius 2 is 1.25 bits per heavy atom. The molecular weight excluding hydrogens is 100 g/mol. The van der Waals surface area contributed by atoms with Gasteiger partial charge in [-0.2, -0.15) is 0 Å². The molecule has 0 saturated carbocycles. The molecule has 0 saturated heterocycles. The van der Waals surface area contributed by atoms with Crippen LogP contribution in [0.4, 0.5) is 0 Å². The lowest BCUT2D eigenvalue weighted by atomic mass is 10.1. The highest BCUT2D eigenvalue weighted by atomic mass is 14.8. The molecule has 0 aromatic rings. The summed E-state index contributed by atoms with van der Waals surface area (Å²) in [5, 5.41) is 0. The summed E-state index contributed by atoms with van der Waals surface area (Å²) in [4.78, 5) is 0. The average Bonchev–Trinajstić information content (AvgIpc) is 1.84. The zero-order chi connectivity index (χ0) is 6.57. The lowest BCUT2D eigenvalue weighted by Crippen LogP contribution is -2.37. The van der Waals surface area contributed by atoms with Crippen molar-refractivity contribution in [2.75, 3.05) is 0 Å². The molecule has 0 amide bonds. The van der Waals surface area contributed by atoms with Gasteiger partial charge in [-0.15, -0.1) is 13.2 Å². The summed E-state index contributed by atoms with van der Waals surface area (Å²) in [5.41, 5.74) is 10.8. The van der Waals surface area contributed by atoms with Crippen LogP contribution in [0, 0.1) is 0 Å². The summed E-state index contributed by atoms with van der Waals surface area (Å²) in [6.07, 6.45) is 3.21. The van der Waals surface area contributed by atoms with Gasteiger partial charge >= 0.3 is 0 Å². The van der Waals surface area contributed by atoms with Crippen molar-refractivity contribution in [1.82, 2.24) is 0 Å². The summed E-state index contributed by atoms with van der Waals surface area (Å²) in [7, 11) is 0. The van der Waals surface area contributed by atoms with Gasteiger partial charge in [0.05, 0.1) is 0 Å². The summed E-state index contributed by atoms with van der Waals surface area (Å²) in [6.45, 7) is 6.95. The van der Waals surface area contributed by atoms with Crippen molar-refractivity contribution in [2.24, 2.45) is 11.5 Å². The maximum absolute atomic E-state index is 5.41. The van der Waals surface area contributed by atoms with Crippen molar-refractivity contribution in [1.29, 1.82) is 0 Å². The Hall–Kier alpha value is -0.600. The van der Waals surface area contributed by atoms with E-state index in [2.05, 4.69) is 13.2 Å². The molecule has 0 aromatic heterocycles. The Labute approximate surface area is 49.9 Å². The Bertz CT molecular complexity index is 76.5. The molecule has 2 atom stereocenters. The number of nitrogens with two attached hydrogens (primary N) is 2.